The lowest BCUT2D eigenvalue weighted by Crippen LogP contribution is -2.20. The summed E-state index contributed by atoms with van der Waals surface area (Å²) in [6, 6.07) is 10.2. The number of hydrogen-bond acceptors (Lipinski definition) is 2. The van der Waals surface area contributed by atoms with Gasteiger partial charge in [-0.05, 0) is 55.7 Å². The van der Waals surface area contributed by atoms with Crippen LogP contribution in [0.15, 0.2) is 34.8 Å². The van der Waals surface area contributed by atoms with Crippen LogP contribution in [-0.2, 0) is 0 Å². The number of aliphatic hydroxyl groups is 1. The van der Waals surface area contributed by atoms with Gasteiger partial charge in [-0.25, -0.2) is 0 Å². The number of hydrogen-bond donors (Lipinski definition) is 1. The minimum atomic E-state index is -0.489. The third kappa shape index (κ3) is 2.72. The molecule has 0 aliphatic carbocycles. The SMILES string of the molecule is Cc1cc(C)c(C2CC(O)c3cc(Br)ccc3O2)c(C)c1. The molecule has 2 atom stereocenters. The summed E-state index contributed by atoms with van der Waals surface area (Å²) in [5.74, 6) is 0.779. The molecule has 1 heterocycles. The molecule has 1 N–H and O–H groups in total. The van der Waals surface area contributed by atoms with Gasteiger partial charge in [0.15, 0.2) is 0 Å². The quantitative estimate of drug-likeness (QED) is 0.792. The van der Waals surface area contributed by atoms with Crippen LogP contribution in [0.2, 0.25) is 0 Å². The summed E-state index contributed by atoms with van der Waals surface area (Å²) in [6.07, 6.45) is 0.0133. The van der Waals surface area contributed by atoms with Crippen LogP contribution in [-0.4, -0.2) is 5.11 Å². The van der Waals surface area contributed by atoms with E-state index in [2.05, 4.69) is 48.8 Å². The van der Waals surface area contributed by atoms with E-state index in [4.69, 9.17) is 4.74 Å². The zero-order valence-electron chi connectivity index (χ0n) is 12.5. The molecular weight excluding hydrogens is 328 g/mol. The Morgan fingerprint density at radius 2 is 1.76 bits per heavy atom. The molecule has 0 saturated carbocycles. The van der Waals surface area contributed by atoms with Crippen LogP contribution in [0.25, 0.3) is 0 Å². The molecule has 0 radical (unpaired) electrons. The lowest BCUT2D eigenvalue weighted by molar-refractivity contribution is 0.0651. The molecule has 0 aromatic heterocycles. The Hall–Kier alpha value is -1.32. The second-order valence-corrected chi connectivity index (χ2v) is 6.77. The molecule has 110 valence electrons. The van der Waals surface area contributed by atoms with Crippen LogP contribution in [0.4, 0.5) is 0 Å². The largest absolute Gasteiger partial charge is 0.485 e. The summed E-state index contributed by atoms with van der Waals surface area (Å²) in [4.78, 5) is 0. The highest BCUT2D eigenvalue weighted by atomic mass is 79.9. The van der Waals surface area contributed by atoms with E-state index < -0.39 is 6.10 Å². The Morgan fingerprint density at radius 3 is 2.43 bits per heavy atom. The van der Waals surface area contributed by atoms with E-state index in [0.717, 1.165) is 15.8 Å². The molecule has 0 saturated heterocycles. The van der Waals surface area contributed by atoms with Gasteiger partial charge in [-0.1, -0.05) is 33.6 Å². The molecule has 0 fully saturated rings. The van der Waals surface area contributed by atoms with Gasteiger partial charge >= 0.3 is 0 Å². The summed E-state index contributed by atoms with van der Waals surface area (Å²) in [5.41, 5.74) is 5.78. The van der Waals surface area contributed by atoms with E-state index in [1.807, 2.05) is 18.2 Å². The predicted octanol–water partition coefficient (Wildman–Crippen LogP) is 4.93. The Kier molecular flexibility index (Phi) is 3.80. The molecule has 2 aromatic rings. The topological polar surface area (TPSA) is 29.5 Å². The molecule has 2 unspecified atom stereocenters. The standard InChI is InChI=1S/C18H19BrO2/c1-10-6-11(2)18(12(3)7-10)17-9-15(20)14-8-13(19)4-5-16(14)21-17/h4-8,15,17,20H,9H2,1-3H3. The lowest BCUT2D eigenvalue weighted by Gasteiger charge is -2.32. The van der Waals surface area contributed by atoms with Crippen LogP contribution in [0.3, 0.4) is 0 Å². The lowest BCUT2D eigenvalue weighted by atomic mass is 9.89. The van der Waals surface area contributed by atoms with Gasteiger partial charge in [-0.15, -0.1) is 0 Å². The molecule has 3 heteroatoms. The number of rotatable bonds is 1. The first-order valence-electron chi connectivity index (χ1n) is 7.17. The van der Waals surface area contributed by atoms with Crippen molar-refractivity contribution in [2.45, 2.75) is 39.4 Å². The highest BCUT2D eigenvalue weighted by Gasteiger charge is 2.29. The Labute approximate surface area is 133 Å². The van der Waals surface area contributed by atoms with Gasteiger partial charge in [-0.2, -0.15) is 0 Å². The first-order valence-corrected chi connectivity index (χ1v) is 7.97. The monoisotopic (exact) mass is 346 g/mol. The normalized spacial score (nSPS) is 20.8. The van der Waals surface area contributed by atoms with Crippen LogP contribution in [0.5, 0.6) is 5.75 Å². The number of benzene rings is 2. The van der Waals surface area contributed by atoms with Crippen molar-refractivity contribution in [3.8, 4) is 5.75 Å². The number of aryl methyl sites for hydroxylation is 3. The van der Waals surface area contributed by atoms with E-state index in [1.54, 1.807) is 0 Å². The third-order valence-electron chi connectivity index (χ3n) is 4.10. The fraction of sp³-hybridized carbons (Fsp3) is 0.333. The minimum absolute atomic E-state index is 0.0886. The third-order valence-corrected chi connectivity index (χ3v) is 4.59. The summed E-state index contributed by atoms with van der Waals surface area (Å²) >= 11 is 3.44. The highest BCUT2D eigenvalue weighted by molar-refractivity contribution is 9.10. The fourth-order valence-corrected chi connectivity index (χ4v) is 3.67. The minimum Gasteiger partial charge on any atom is -0.485 e. The second kappa shape index (κ2) is 5.47. The maximum atomic E-state index is 10.5. The zero-order chi connectivity index (χ0) is 15.1. The van der Waals surface area contributed by atoms with E-state index in [9.17, 15) is 5.11 Å². The smallest absolute Gasteiger partial charge is 0.127 e. The first-order chi connectivity index (χ1) is 9.95. The van der Waals surface area contributed by atoms with E-state index in [1.165, 1.54) is 22.3 Å². The van der Waals surface area contributed by atoms with Gasteiger partial charge in [0.05, 0.1) is 6.10 Å². The summed E-state index contributed by atoms with van der Waals surface area (Å²) < 4.78 is 7.13. The number of aliphatic hydroxyl groups excluding tert-OH is 1. The van der Waals surface area contributed by atoms with Crippen molar-refractivity contribution >= 4 is 15.9 Å². The first kappa shape index (κ1) is 14.6. The maximum Gasteiger partial charge on any atom is 0.127 e. The van der Waals surface area contributed by atoms with Crippen molar-refractivity contribution in [3.05, 3.63) is 62.6 Å². The summed E-state index contributed by atoms with van der Waals surface area (Å²) in [7, 11) is 0. The Bertz CT molecular complexity index is 671. The summed E-state index contributed by atoms with van der Waals surface area (Å²) in [6.45, 7) is 6.33. The van der Waals surface area contributed by atoms with Crippen molar-refractivity contribution in [1.82, 2.24) is 0 Å². The van der Waals surface area contributed by atoms with Gasteiger partial charge in [0.1, 0.15) is 11.9 Å². The van der Waals surface area contributed by atoms with Crippen molar-refractivity contribution < 1.29 is 9.84 Å². The van der Waals surface area contributed by atoms with Crippen molar-refractivity contribution in [2.24, 2.45) is 0 Å². The van der Waals surface area contributed by atoms with Crippen molar-refractivity contribution in [1.29, 1.82) is 0 Å². The Morgan fingerprint density at radius 1 is 1.10 bits per heavy atom. The van der Waals surface area contributed by atoms with Crippen molar-refractivity contribution in [2.75, 3.05) is 0 Å². The molecule has 0 spiro atoms. The van der Waals surface area contributed by atoms with E-state index >= 15 is 0 Å². The van der Waals surface area contributed by atoms with Gasteiger partial charge in [-0.3, -0.25) is 0 Å². The zero-order valence-corrected chi connectivity index (χ0v) is 14.1. The van der Waals surface area contributed by atoms with Crippen LogP contribution < -0.4 is 4.74 Å². The molecule has 0 bridgehead atoms. The van der Waals surface area contributed by atoms with Crippen molar-refractivity contribution in [3.63, 3.8) is 0 Å². The maximum absolute atomic E-state index is 10.5. The molecule has 3 rings (SSSR count). The molecule has 21 heavy (non-hydrogen) atoms. The molecular formula is C18H19BrO2. The second-order valence-electron chi connectivity index (χ2n) is 5.85. The van der Waals surface area contributed by atoms with Gasteiger partial charge in [0, 0.05) is 16.5 Å². The van der Waals surface area contributed by atoms with E-state index in [-0.39, 0.29) is 6.10 Å². The summed E-state index contributed by atoms with van der Waals surface area (Å²) in [5, 5.41) is 10.5. The predicted molar refractivity (Wildman–Crippen MR) is 87.7 cm³/mol. The molecule has 1 aliphatic rings. The number of halogens is 1. The van der Waals surface area contributed by atoms with Gasteiger partial charge in [0.25, 0.3) is 0 Å². The van der Waals surface area contributed by atoms with Gasteiger partial charge < -0.3 is 9.84 Å². The molecule has 2 aromatic carbocycles. The molecule has 0 amide bonds. The van der Waals surface area contributed by atoms with Gasteiger partial charge in [0.2, 0.25) is 0 Å². The number of ether oxygens (including phenoxy) is 1. The molecule has 2 nitrogen and oxygen atoms in total. The van der Waals surface area contributed by atoms with Crippen LogP contribution >= 0.6 is 15.9 Å². The molecule has 1 aliphatic heterocycles. The fourth-order valence-electron chi connectivity index (χ4n) is 3.29. The average molecular weight is 347 g/mol. The van der Waals surface area contributed by atoms with E-state index in [0.29, 0.717) is 6.42 Å². The average Bonchev–Trinajstić information content (AvgIpc) is 2.38. The van der Waals surface area contributed by atoms with Crippen LogP contribution in [0.1, 0.15) is 46.4 Å². The highest BCUT2D eigenvalue weighted by Crippen LogP contribution is 2.43. The van der Waals surface area contributed by atoms with Crippen LogP contribution in [0, 0.1) is 20.8 Å². The number of fused-ring (bicyclic) bond motifs is 1. The Balaban J connectivity index is 2.02.